The van der Waals surface area contributed by atoms with Crippen molar-refractivity contribution in [2.24, 2.45) is 0 Å². The third-order valence-corrected chi connectivity index (χ3v) is 2.29. The highest BCUT2D eigenvalue weighted by Gasteiger charge is 2.03. The Hall–Kier alpha value is -0.790. The zero-order valence-corrected chi connectivity index (χ0v) is 9.51. The summed E-state index contributed by atoms with van der Waals surface area (Å²) in [6.07, 6.45) is 9.18. The molecule has 0 rings (SSSR count). The second-order valence-corrected chi connectivity index (χ2v) is 3.75. The summed E-state index contributed by atoms with van der Waals surface area (Å²) >= 11 is 0. The maximum absolute atomic E-state index is 10.8. The predicted octanol–water partition coefficient (Wildman–Crippen LogP) is 3.04. The first-order valence-corrected chi connectivity index (χ1v) is 5.60. The van der Waals surface area contributed by atoms with Gasteiger partial charge in [-0.2, -0.15) is 0 Å². The molecule has 0 fully saturated rings. The van der Waals surface area contributed by atoms with E-state index < -0.39 is 0 Å². The molecule has 1 unspecified atom stereocenters. The number of nitrogens with one attached hydrogen (secondary N) is 1. The summed E-state index contributed by atoms with van der Waals surface area (Å²) in [4.78, 5) is 10.8. The maximum atomic E-state index is 10.8. The number of hydrogen-bond acceptors (Lipinski definition) is 1. The van der Waals surface area contributed by atoms with Crippen molar-refractivity contribution in [3.63, 3.8) is 0 Å². The molecule has 1 atom stereocenters. The van der Waals surface area contributed by atoms with E-state index in [1.54, 1.807) is 6.92 Å². The van der Waals surface area contributed by atoms with Gasteiger partial charge in [-0.1, -0.05) is 45.1 Å². The van der Waals surface area contributed by atoms with Gasteiger partial charge >= 0.3 is 0 Å². The van der Waals surface area contributed by atoms with Gasteiger partial charge in [-0.15, -0.1) is 6.58 Å². The van der Waals surface area contributed by atoms with Crippen LogP contribution in [0.3, 0.4) is 0 Å². The lowest BCUT2D eigenvalue weighted by Gasteiger charge is -2.12. The molecule has 0 aliphatic rings. The van der Waals surface area contributed by atoms with Crippen LogP contribution in [0, 0.1) is 0 Å². The Morgan fingerprint density at radius 3 is 2.50 bits per heavy atom. The van der Waals surface area contributed by atoms with Crippen molar-refractivity contribution in [3.05, 3.63) is 12.7 Å². The Morgan fingerprint density at radius 1 is 1.36 bits per heavy atom. The van der Waals surface area contributed by atoms with E-state index in [1.807, 2.05) is 6.08 Å². The Bertz CT molecular complexity index is 166. The molecule has 0 aromatic carbocycles. The summed E-state index contributed by atoms with van der Waals surface area (Å²) < 4.78 is 0. The first-order valence-electron chi connectivity index (χ1n) is 5.60. The van der Waals surface area contributed by atoms with Gasteiger partial charge in [-0.05, 0) is 6.42 Å². The Balaban J connectivity index is 3.43. The van der Waals surface area contributed by atoms with Crippen LogP contribution < -0.4 is 5.32 Å². The van der Waals surface area contributed by atoms with Gasteiger partial charge in [-0.3, -0.25) is 4.79 Å². The molecular weight excluding hydrogens is 174 g/mol. The fraction of sp³-hybridized carbons (Fsp3) is 0.750. The van der Waals surface area contributed by atoms with Crippen molar-refractivity contribution in [2.45, 2.75) is 58.4 Å². The SMILES string of the molecule is C=CC(CCCCCCC)NC(C)=O. The molecule has 0 radical (unpaired) electrons. The summed E-state index contributed by atoms with van der Waals surface area (Å²) in [5.41, 5.74) is 0. The van der Waals surface area contributed by atoms with Crippen LogP contribution in [0.5, 0.6) is 0 Å². The van der Waals surface area contributed by atoms with Crippen molar-refractivity contribution in [3.8, 4) is 0 Å². The van der Waals surface area contributed by atoms with Gasteiger partial charge in [0.15, 0.2) is 0 Å². The molecule has 0 aromatic heterocycles. The van der Waals surface area contributed by atoms with Gasteiger partial charge in [0, 0.05) is 13.0 Å². The van der Waals surface area contributed by atoms with E-state index in [4.69, 9.17) is 0 Å². The van der Waals surface area contributed by atoms with E-state index in [9.17, 15) is 4.79 Å². The van der Waals surface area contributed by atoms with Crippen LogP contribution in [0.2, 0.25) is 0 Å². The van der Waals surface area contributed by atoms with Crippen molar-refractivity contribution in [2.75, 3.05) is 0 Å². The molecule has 14 heavy (non-hydrogen) atoms. The molecule has 0 heterocycles. The third kappa shape index (κ3) is 7.84. The second-order valence-electron chi connectivity index (χ2n) is 3.75. The quantitative estimate of drug-likeness (QED) is 0.470. The fourth-order valence-corrected chi connectivity index (χ4v) is 1.48. The van der Waals surface area contributed by atoms with Crippen LogP contribution in [0.15, 0.2) is 12.7 Å². The minimum Gasteiger partial charge on any atom is -0.350 e. The van der Waals surface area contributed by atoms with Gasteiger partial charge in [0.25, 0.3) is 0 Å². The number of hydrogen-bond donors (Lipinski definition) is 1. The normalized spacial score (nSPS) is 12.1. The predicted molar refractivity (Wildman–Crippen MR) is 61.2 cm³/mol. The number of rotatable bonds is 8. The highest BCUT2D eigenvalue weighted by atomic mass is 16.1. The molecule has 0 aromatic rings. The lowest BCUT2D eigenvalue weighted by molar-refractivity contribution is -0.119. The lowest BCUT2D eigenvalue weighted by atomic mass is 10.1. The fourth-order valence-electron chi connectivity index (χ4n) is 1.48. The van der Waals surface area contributed by atoms with Gasteiger partial charge in [0.2, 0.25) is 5.91 Å². The highest BCUT2D eigenvalue weighted by Crippen LogP contribution is 2.07. The molecule has 2 heteroatoms. The van der Waals surface area contributed by atoms with E-state index in [1.165, 1.54) is 32.1 Å². The summed E-state index contributed by atoms with van der Waals surface area (Å²) in [5.74, 6) is 0.0310. The van der Waals surface area contributed by atoms with Crippen LogP contribution >= 0.6 is 0 Å². The van der Waals surface area contributed by atoms with Gasteiger partial charge in [-0.25, -0.2) is 0 Å². The molecule has 0 saturated heterocycles. The van der Waals surface area contributed by atoms with Crippen LogP contribution in [-0.4, -0.2) is 11.9 Å². The first-order chi connectivity index (χ1) is 6.70. The molecule has 82 valence electrons. The van der Waals surface area contributed by atoms with Gasteiger partial charge < -0.3 is 5.32 Å². The number of carbonyl (C=O) groups excluding carboxylic acids is 1. The zero-order valence-electron chi connectivity index (χ0n) is 9.51. The minimum absolute atomic E-state index is 0.0310. The largest absolute Gasteiger partial charge is 0.350 e. The first kappa shape index (κ1) is 13.2. The molecule has 1 N–H and O–H groups in total. The van der Waals surface area contributed by atoms with Crippen LogP contribution in [0.25, 0.3) is 0 Å². The monoisotopic (exact) mass is 197 g/mol. The molecular formula is C12H23NO. The average Bonchev–Trinajstić information content (AvgIpc) is 2.15. The van der Waals surface area contributed by atoms with Crippen molar-refractivity contribution < 1.29 is 4.79 Å². The lowest BCUT2D eigenvalue weighted by Crippen LogP contribution is -2.31. The molecule has 1 amide bonds. The van der Waals surface area contributed by atoms with E-state index >= 15 is 0 Å². The van der Waals surface area contributed by atoms with Crippen LogP contribution in [0.1, 0.15) is 52.4 Å². The molecule has 0 aliphatic carbocycles. The topological polar surface area (TPSA) is 29.1 Å². The summed E-state index contributed by atoms with van der Waals surface area (Å²) in [5, 5.41) is 2.86. The highest BCUT2D eigenvalue weighted by molar-refractivity contribution is 5.73. The molecule has 2 nitrogen and oxygen atoms in total. The summed E-state index contributed by atoms with van der Waals surface area (Å²) in [6.45, 7) is 7.48. The van der Waals surface area contributed by atoms with Crippen molar-refractivity contribution in [1.82, 2.24) is 5.32 Å². The van der Waals surface area contributed by atoms with E-state index in [2.05, 4.69) is 18.8 Å². The maximum Gasteiger partial charge on any atom is 0.217 e. The van der Waals surface area contributed by atoms with Crippen LogP contribution in [-0.2, 0) is 4.79 Å². The van der Waals surface area contributed by atoms with Gasteiger partial charge in [0.05, 0.1) is 0 Å². The number of amides is 1. The molecule has 0 aliphatic heterocycles. The minimum atomic E-state index is 0.0310. The molecule has 0 bridgehead atoms. The summed E-state index contributed by atoms with van der Waals surface area (Å²) in [7, 11) is 0. The Morgan fingerprint density at radius 2 is 2.00 bits per heavy atom. The number of unbranched alkanes of at least 4 members (excludes halogenated alkanes) is 4. The van der Waals surface area contributed by atoms with Gasteiger partial charge in [0.1, 0.15) is 0 Å². The summed E-state index contributed by atoms with van der Waals surface area (Å²) in [6, 6.07) is 0.161. The van der Waals surface area contributed by atoms with Crippen molar-refractivity contribution in [1.29, 1.82) is 0 Å². The molecule has 0 saturated carbocycles. The number of carbonyl (C=O) groups is 1. The van der Waals surface area contributed by atoms with Crippen molar-refractivity contribution >= 4 is 5.91 Å². The Kier molecular flexibility index (Phi) is 8.30. The standard InChI is InChI=1S/C12H23NO/c1-4-6-7-8-9-10-12(5-2)13-11(3)14/h5,12H,2,4,6-10H2,1,3H3,(H,13,14). The van der Waals surface area contributed by atoms with Crippen LogP contribution in [0.4, 0.5) is 0 Å². The second kappa shape index (κ2) is 8.79. The smallest absolute Gasteiger partial charge is 0.217 e. The molecule has 0 spiro atoms. The van der Waals surface area contributed by atoms with E-state index in [-0.39, 0.29) is 11.9 Å². The third-order valence-electron chi connectivity index (χ3n) is 2.29. The van der Waals surface area contributed by atoms with E-state index in [0.717, 1.165) is 6.42 Å². The average molecular weight is 197 g/mol. The Labute approximate surface area is 87.8 Å². The van der Waals surface area contributed by atoms with E-state index in [0.29, 0.717) is 0 Å². The zero-order chi connectivity index (χ0) is 10.8.